The monoisotopic (exact) mass is 180 g/mol. The number of hydrogen-bond acceptors (Lipinski definition) is 2. The lowest BCUT2D eigenvalue weighted by Crippen LogP contribution is -2.33. The van der Waals surface area contributed by atoms with Gasteiger partial charge in [0.2, 0.25) is 0 Å². The summed E-state index contributed by atoms with van der Waals surface area (Å²) in [5, 5.41) is 0. The summed E-state index contributed by atoms with van der Waals surface area (Å²) in [4.78, 5) is 0. The number of allylic oxidation sites excluding steroid dienone is 2. The Morgan fingerprint density at radius 2 is 2.38 bits per heavy atom. The largest absolute Gasteiger partial charge is 0.472 e. The van der Waals surface area contributed by atoms with E-state index in [9.17, 15) is 0 Å². The quantitative estimate of drug-likeness (QED) is 0.570. The highest BCUT2D eigenvalue weighted by atomic mass is 16.7. The van der Waals surface area contributed by atoms with Gasteiger partial charge in [-0.25, -0.2) is 0 Å². The van der Waals surface area contributed by atoms with Crippen molar-refractivity contribution in [1.82, 2.24) is 0 Å². The first-order valence-corrected chi connectivity index (χ1v) is 5.30. The van der Waals surface area contributed by atoms with E-state index in [1.165, 1.54) is 31.4 Å². The number of rotatable bonds is 0. The van der Waals surface area contributed by atoms with E-state index >= 15 is 0 Å². The Morgan fingerprint density at radius 1 is 1.38 bits per heavy atom. The van der Waals surface area contributed by atoms with Crippen LogP contribution in [0.25, 0.3) is 0 Å². The molecular weight excluding hydrogens is 164 g/mol. The zero-order valence-electron chi connectivity index (χ0n) is 7.92. The molecule has 3 rings (SSSR count). The fraction of sp³-hybridized carbons (Fsp3) is 0.818. The maximum atomic E-state index is 5.53. The second-order valence-electron chi connectivity index (χ2n) is 4.64. The van der Waals surface area contributed by atoms with Crippen LogP contribution in [0.1, 0.15) is 32.1 Å². The predicted molar refractivity (Wildman–Crippen MR) is 49.0 cm³/mol. The minimum Gasteiger partial charge on any atom is -0.472 e. The molecule has 1 aliphatic heterocycles. The average molecular weight is 180 g/mol. The van der Waals surface area contributed by atoms with Gasteiger partial charge in [0.1, 0.15) is 0 Å². The summed E-state index contributed by atoms with van der Waals surface area (Å²) in [5.41, 5.74) is 0.435. The van der Waals surface area contributed by atoms with Gasteiger partial charge in [0.05, 0.1) is 12.4 Å². The Balaban J connectivity index is 1.93. The topological polar surface area (TPSA) is 18.5 Å². The van der Waals surface area contributed by atoms with Gasteiger partial charge in [-0.2, -0.15) is 0 Å². The second kappa shape index (κ2) is 2.74. The van der Waals surface area contributed by atoms with Gasteiger partial charge in [-0.1, -0.05) is 12.8 Å². The molecule has 1 heterocycles. The molecule has 2 fully saturated rings. The van der Waals surface area contributed by atoms with Crippen LogP contribution in [0.5, 0.6) is 0 Å². The lowest BCUT2D eigenvalue weighted by atomic mass is 9.68. The fourth-order valence-corrected chi connectivity index (χ4v) is 3.13. The smallest absolute Gasteiger partial charge is 0.188 e. The highest BCUT2D eigenvalue weighted by Crippen LogP contribution is 2.52. The molecule has 0 amide bonds. The molecule has 2 aliphatic carbocycles. The van der Waals surface area contributed by atoms with E-state index in [1.807, 2.05) is 0 Å². The summed E-state index contributed by atoms with van der Waals surface area (Å²) in [5.74, 6) is 1.95. The summed E-state index contributed by atoms with van der Waals surface area (Å²) in [6, 6.07) is 0. The van der Waals surface area contributed by atoms with E-state index in [4.69, 9.17) is 9.47 Å². The molecule has 0 aromatic rings. The first-order valence-electron chi connectivity index (χ1n) is 5.30. The van der Waals surface area contributed by atoms with Gasteiger partial charge in [0.15, 0.2) is 6.79 Å². The Kier molecular flexibility index (Phi) is 1.66. The van der Waals surface area contributed by atoms with Crippen molar-refractivity contribution in [1.29, 1.82) is 0 Å². The van der Waals surface area contributed by atoms with Crippen LogP contribution >= 0.6 is 0 Å². The molecule has 1 saturated carbocycles. The molecule has 0 aromatic carbocycles. The molecule has 72 valence electrons. The minimum absolute atomic E-state index is 0.435. The van der Waals surface area contributed by atoms with Gasteiger partial charge >= 0.3 is 0 Å². The normalized spacial score (nSPS) is 43.1. The first-order chi connectivity index (χ1) is 6.39. The highest BCUT2D eigenvalue weighted by molar-refractivity contribution is 5.16. The number of ether oxygens (including phenoxy) is 2. The average Bonchev–Trinajstić information content (AvgIpc) is 2.37. The highest BCUT2D eigenvalue weighted by Gasteiger charge is 2.46. The van der Waals surface area contributed by atoms with E-state index in [-0.39, 0.29) is 0 Å². The minimum atomic E-state index is 0.435. The van der Waals surface area contributed by atoms with Gasteiger partial charge in [-0.3, -0.25) is 0 Å². The molecular formula is C11H16O2. The SMILES string of the molecule is C1=C2C[C@]3(CCCC[C@@H]13)COCO2. The van der Waals surface area contributed by atoms with Gasteiger partial charge in [-0.15, -0.1) is 0 Å². The van der Waals surface area contributed by atoms with E-state index in [0.29, 0.717) is 12.2 Å². The van der Waals surface area contributed by atoms with E-state index in [0.717, 1.165) is 18.9 Å². The van der Waals surface area contributed by atoms with Crippen LogP contribution in [-0.2, 0) is 9.47 Å². The van der Waals surface area contributed by atoms with Crippen LogP contribution in [0.2, 0.25) is 0 Å². The molecule has 0 radical (unpaired) electrons. The van der Waals surface area contributed by atoms with Crippen molar-refractivity contribution >= 4 is 0 Å². The molecule has 13 heavy (non-hydrogen) atoms. The predicted octanol–water partition coefficient (Wildman–Crippen LogP) is 2.45. The molecule has 2 heteroatoms. The molecule has 0 N–H and O–H groups in total. The van der Waals surface area contributed by atoms with Crippen LogP contribution in [0.4, 0.5) is 0 Å². The summed E-state index contributed by atoms with van der Waals surface area (Å²) < 4.78 is 11.0. The maximum Gasteiger partial charge on any atom is 0.188 e. The Hall–Kier alpha value is -0.500. The van der Waals surface area contributed by atoms with Crippen LogP contribution in [0, 0.1) is 11.3 Å². The van der Waals surface area contributed by atoms with Crippen molar-refractivity contribution in [2.75, 3.05) is 13.4 Å². The van der Waals surface area contributed by atoms with Crippen molar-refractivity contribution < 1.29 is 9.47 Å². The molecule has 3 aliphatic rings. The van der Waals surface area contributed by atoms with Crippen LogP contribution in [-0.4, -0.2) is 13.4 Å². The zero-order valence-corrected chi connectivity index (χ0v) is 7.92. The van der Waals surface area contributed by atoms with Gasteiger partial charge in [0, 0.05) is 11.8 Å². The molecule has 0 unspecified atom stereocenters. The van der Waals surface area contributed by atoms with Gasteiger partial charge < -0.3 is 9.47 Å². The first kappa shape index (κ1) is 7.86. The van der Waals surface area contributed by atoms with Crippen LogP contribution < -0.4 is 0 Å². The van der Waals surface area contributed by atoms with E-state index in [2.05, 4.69) is 6.08 Å². The Morgan fingerprint density at radius 3 is 3.38 bits per heavy atom. The molecule has 1 saturated heterocycles. The van der Waals surface area contributed by atoms with Crippen molar-refractivity contribution in [2.45, 2.75) is 32.1 Å². The maximum absolute atomic E-state index is 5.53. The lowest BCUT2D eigenvalue weighted by molar-refractivity contribution is -0.0505. The molecule has 1 spiro atoms. The van der Waals surface area contributed by atoms with Crippen molar-refractivity contribution in [2.24, 2.45) is 11.3 Å². The van der Waals surface area contributed by atoms with Crippen molar-refractivity contribution in [3.05, 3.63) is 11.8 Å². The molecule has 2 nitrogen and oxygen atoms in total. The zero-order chi connectivity index (χ0) is 8.73. The molecule has 2 atom stereocenters. The summed E-state index contributed by atoms with van der Waals surface area (Å²) in [7, 11) is 0. The lowest BCUT2D eigenvalue weighted by Gasteiger charge is -2.38. The Bertz CT molecular complexity index is 246. The third kappa shape index (κ3) is 1.12. The van der Waals surface area contributed by atoms with Gasteiger partial charge in [-0.05, 0) is 24.8 Å². The third-order valence-electron chi connectivity index (χ3n) is 3.86. The van der Waals surface area contributed by atoms with Crippen molar-refractivity contribution in [3.63, 3.8) is 0 Å². The molecule has 2 bridgehead atoms. The van der Waals surface area contributed by atoms with E-state index in [1.54, 1.807) is 0 Å². The summed E-state index contributed by atoms with van der Waals surface area (Å²) in [6.07, 6.45) is 8.94. The van der Waals surface area contributed by atoms with Gasteiger partial charge in [0.25, 0.3) is 0 Å². The third-order valence-corrected chi connectivity index (χ3v) is 3.86. The Labute approximate surface area is 78.9 Å². The van der Waals surface area contributed by atoms with Crippen molar-refractivity contribution in [3.8, 4) is 0 Å². The fourth-order valence-electron chi connectivity index (χ4n) is 3.13. The number of hydrogen-bond donors (Lipinski definition) is 0. The van der Waals surface area contributed by atoms with Crippen LogP contribution in [0.3, 0.4) is 0 Å². The standard InChI is InChI=1S/C11H16O2/c1-2-4-11-6-10(5-9(11)3-1)13-8-12-7-11/h5,9H,1-4,6-8H2/t9-,11+/m0/s1. The summed E-state index contributed by atoms with van der Waals surface area (Å²) >= 11 is 0. The van der Waals surface area contributed by atoms with E-state index < -0.39 is 0 Å². The van der Waals surface area contributed by atoms with Crippen LogP contribution in [0.15, 0.2) is 11.8 Å². The molecule has 0 aromatic heterocycles. The summed E-state index contributed by atoms with van der Waals surface area (Å²) in [6.45, 7) is 1.39. The number of fused-ring (bicyclic) bond motifs is 1. The second-order valence-corrected chi connectivity index (χ2v) is 4.64.